The lowest BCUT2D eigenvalue weighted by Crippen LogP contribution is -2.48. The Labute approximate surface area is 135 Å². The highest BCUT2D eigenvalue weighted by Gasteiger charge is 2.54. The second-order valence-electron chi connectivity index (χ2n) is 5.35. The molecule has 0 radical (unpaired) electrons. The Hall–Kier alpha value is -2.50. The first-order chi connectivity index (χ1) is 11.6. The zero-order valence-electron chi connectivity index (χ0n) is 12.7. The number of aliphatic hydroxyl groups excluding tert-OH is 3. The first-order valence-corrected chi connectivity index (χ1v) is 7.09. The van der Waals surface area contributed by atoms with Gasteiger partial charge in [-0.15, -0.1) is 0 Å². The Kier molecular flexibility index (Phi) is 4.22. The van der Waals surface area contributed by atoms with E-state index in [9.17, 15) is 15.3 Å². The van der Waals surface area contributed by atoms with E-state index in [2.05, 4.69) is 30.3 Å². The maximum absolute atomic E-state index is 10.4. The lowest BCUT2D eigenvalue weighted by molar-refractivity contribution is -0.121. The van der Waals surface area contributed by atoms with Crippen LogP contribution in [-0.2, 0) is 4.74 Å². The molecule has 0 unspecified atom stereocenters. The summed E-state index contributed by atoms with van der Waals surface area (Å²) in [7, 11) is 1.68. The summed E-state index contributed by atoms with van der Waals surface area (Å²) in [6.07, 6.45) is -1.19. The number of aromatic nitrogens is 4. The number of azide groups is 1. The van der Waals surface area contributed by atoms with Gasteiger partial charge < -0.3 is 25.4 Å². The highest BCUT2D eigenvalue weighted by molar-refractivity contribution is 5.82. The van der Waals surface area contributed by atoms with Crippen molar-refractivity contribution in [2.45, 2.75) is 24.0 Å². The number of fused-ring (bicyclic) bond motifs is 1. The van der Waals surface area contributed by atoms with Crippen molar-refractivity contribution < 1.29 is 20.1 Å². The summed E-state index contributed by atoms with van der Waals surface area (Å²) in [6, 6.07) is 0. The predicted molar refractivity (Wildman–Crippen MR) is 80.8 cm³/mol. The van der Waals surface area contributed by atoms with Crippen molar-refractivity contribution in [2.24, 2.45) is 5.11 Å². The molecule has 128 valence electrons. The minimum Gasteiger partial charge on any atom is -0.393 e. The standard InChI is InChI=1S/C12H16N8O4/c1-14-9-6-10(16-4-15-9)20(5-17-6)11-7(22)8(23)12(3-21,24-11)2-18-19-13/h4-5,7-8,11,21-23H,2-3H2,1H3,(H,14,15,16)/t7-,8+,11-,12-/m1/s1. The van der Waals surface area contributed by atoms with Crippen LogP contribution in [0.1, 0.15) is 6.23 Å². The topological polar surface area (TPSA) is 174 Å². The molecular formula is C12H16N8O4. The molecule has 0 bridgehead atoms. The first kappa shape index (κ1) is 16.4. The second-order valence-corrected chi connectivity index (χ2v) is 5.35. The monoisotopic (exact) mass is 336 g/mol. The molecule has 4 atom stereocenters. The minimum atomic E-state index is -1.61. The second kappa shape index (κ2) is 6.19. The Balaban J connectivity index is 2.03. The van der Waals surface area contributed by atoms with E-state index in [-0.39, 0.29) is 6.54 Å². The molecule has 3 heterocycles. The molecule has 12 nitrogen and oxygen atoms in total. The number of ether oxygens (including phenoxy) is 1. The van der Waals surface area contributed by atoms with Gasteiger partial charge in [-0.25, -0.2) is 15.0 Å². The van der Waals surface area contributed by atoms with Gasteiger partial charge in [0.05, 0.1) is 19.5 Å². The van der Waals surface area contributed by atoms with Crippen molar-refractivity contribution in [1.29, 1.82) is 0 Å². The zero-order chi connectivity index (χ0) is 17.3. The molecule has 0 aliphatic carbocycles. The molecule has 0 spiro atoms. The van der Waals surface area contributed by atoms with Crippen LogP contribution >= 0.6 is 0 Å². The van der Waals surface area contributed by atoms with Gasteiger partial charge in [-0.05, 0) is 5.53 Å². The molecule has 24 heavy (non-hydrogen) atoms. The van der Waals surface area contributed by atoms with Crippen LogP contribution in [-0.4, -0.2) is 72.8 Å². The number of anilines is 1. The average Bonchev–Trinajstić information content (AvgIpc) is 3.14. The van der Waals surface area contributed by atoms with Crippen LogP contribution in [0.4, 0.5) is 5.82 Å². The van der Waals surface area contributed by atoms with Gasteiger partial charge in [-0.1, -0.05) is 5.11 Å². The molecular weight excluding hydrogens is 320 g/mol. The fraction of sp³-hybridized carbons (Fsp3) is 0.583. The normalized spacial score (nSPS) is 29.6. The summed E-state index contributed by atoms with van der Waals surface area (Å²) in [5.41, 5.74) is 7.71. The average molecular weight is 336 g/mol. The number of rotatable bonds is 5. The molecule has 3 rings (SSSR count). The van der Waals surface area contributed by atoms with Crippen LogP contribution in [0.2, 0.25) is 0 Å². The number of hydrogen-bond donors (Lipinski definition) is 4. The van der Waals surface area contributed by atoms with Crippen LogP contribution in [0.3, 0.4) is 0 Å². The summed E-state index contributed by atoms with van der Waals surface area (Å²) in [6.45, 7) is -0.970. The van der Waals surface area contributed by atoms with E-state index in [0.717, 1.165) is 0 Å². The third-order valence-corrected chi connectivity index (χ3v) is 4.05. The number of hydrogen-bond acceptors (Lipinski definition) is 9. The molecule has 1 fully saturated rings. The fourth-order valence-electron chi connectivity index (χ4n) is 2.75. The maximum atomic E-state index is 10.4. The fourth-order valence-corrected chi connectivity index (χ4v) is 2.75. The van der Waals surface area contributed by atoms with E-state index in [0.29, 0.717) is 17.0 Å². The molecule has 2 aromatic rings. The molecule has 1 aliphatic heterocycles. The summed E-state index contributed by atoms with van der Waals surface area (Å²) in [5.74, 6) is 0.495. The van der Waals surface area contributed by atoms with Crippen LogP contribution < -0.4 is 5.32 Å². The quantitative estimate of drug-likeness (QED) is 0.310. The van der Waals surface area contributed by atoms with E-state index >= 15 is 0 Å². The van der Waals surface area contributed by atoms with Gasteiger partial charge in [0.25, 0.3) is 0 Å². The highest BCUT2D eigenvalue weighted by atomic mass is 16.6. The zero-order valence-corrected chi connectivity index (χ0v) is 12.7. The lowest BCUT2D eigenvalue weighted by atomic mass is 9.96. The van der Waals surface area contributed by atoms with Gasteiger partial charge in [0.1, 0.15) is 29.7 Å². The third kappa shape index (κ3) is 2.33. The number of imidazole rings is 1. The predicted octanol–water partition coefficient (Wildman–Crippen LogP) is -0.840. The molecule has 12 heteroatoms. The van der Waals surface area contributed by atoms with Crippen molar-refractivity contribution in [1.82, 2.24) is 19.5 Å². The molecule has 4 N–H and O–H groups in total. The van der Waals surface area contributed by atoms with E-state index in [1.165, 1.54) is 17.2 Å². The van der Waals surface area contributed by atoms with Gasteiger partial charge in [0.2, 0.25) is 0 Å². The number of nitrogens with zero attached hydrogens (tertiary/aromatic N) is 7. The first-order valence-electron chi connectivity index (χ1n) is 7.09. The van der Waals surface area contributed by atoms with Crippen molar-refractivity contribution in [3.8, 4) is 0 Å². The summed E-state index contributed by atoms with van der Waals surface area (Å²) >= 11 is 0. The largest absolute Gasteiger partial charge is 0.393 e. The molecule has 2 aromatic heterocycles. The molecule has 1 saturated heterocycles. The highest BCUT2D eigenvalue weighted by Crippen LogP contribution is 2.38. The van der Waals surface area contributed by atoms with Crippen molar-refractivity contribution in [2.75, 3.05) is 25.5 Å². The van der Waals surface area contributed by atoms with Gasteiger partial charge in [0, 0.05) is 12.0 Å². The van der Waals surface area contributed by atoms with E-state index in [1.807, 2.05) is 0 Å². The molecule has 0 aromatic carbocycles. The lowest BCUT2D eigenvalue weighted by Gasteiger charge is -2.27. The van der Waals surface area contributed by atoms with Gasteiger partial charge in [-0.3, -0.25) is 4.57 Å². The third-order valence-electron chi connectivity index (χ3n) is 4.05. The molecule has 1 aliphatic rings. The molecule has 0 amide bonds. The van der Waals surface area contributed by atoms with Gasteiger partial charge in [-0.2, -0.15) is 0 Å². The SMILES string of the molecule is CNc1ncnc2c1ncn2[C@@H]1O[C@@](CO)(CN=[N+]=[N-])[C@@H](O)[C@H]1O. The van der Waals surface area contributed by atoms with Crippen LogP contribution in [0.25, 0.3) is 21.6 Å². The molecule has 0 saturated carbocycles. The van der Waals surface area contributed by atoms with Crippen molar-refractivity contribution in [3.63, 3.8) is 0 Å². The smallest absolute Gasteiger partial charge is 0.167 e. The number of aliphatic hydroxyl groups is 3. The Bertz CT molecular complexity index is 790. The van der Waals surface area contributed by atoms with Gasteiger partial charge >= 0.3 is 0 Å². The summed E-state index contributed by atoms with van der Waals surface area (Å²) in [4.78, 5) is 15.0. The van der Waals surface area contributed by atoms with Crippen molar-refractivity contribution in [3.05, 3.63) is 23.1 Å². The van der Waals surface area contributed by atoms with Crippen LogP contribution in [0.15, 0.2) is 17.8 Å². The minimum absolute atomic E-state index is 0.335. The summed E-state index contributed by atoms with van der Waals surface area (Å²) in [5, 5.41) is 36.5. The van der Waals surface area contributed by atoms with E-state index in [1.54, 1.807) is 7.05 Å². The Morgan fingerprint density at radius 2 is 2.25 bits per heavy atom. The Morgan fingerprint density at radius 3 is 2.92 bits per heavy atom. The van der Waals surface area contributed by atoms with Crippen LogP contribution in [0, 0.1) is 0 Å². The number of nitrogens with one attached hydrogen (secondary N) is 1. The van der Waals surface area contributed by atoms with Gasteiger partial charge in [0.15, 0.2) is 17.7 Å². The van der Waals surface area contributed by atoms with E-state index in [4.69, 9.17) is 10.3 Å². The Morgan fingerprint density at radius 1 is 1.46 bits per heavy atom. The summed E-state index contributed by atoms with van der Waals surface area (Å²) < 4.78 is 7.11. The van der Waals surface area contributed by atoms with Crippen molar-refractivity contribution >= 4 is 17.0 Å². The van der Waals surface area contributed by atoms with E-state index < -0.39 is 30.6 Å². The van der Waals surface area contributed by atoms with Crippen LogP contribution in [0.5, 0.6) is 0 Å². The maximum Gasteiger partial charge on any atom is 0.167 e.